The summed E-state index contributed by atoms with van der Waals surface area (Å²) in [6.45, 7) is 6.68. The third kappa shape index (κ3) is 2.07. The standard InChI is InChI=1S/C12H21N3/c1-8-5-11(6-8)14-9(2)12-7-13-15(4)10(12)3/h7-9,11,14H,5-6H2,1-4H3. The molecule has 84 valence electrons. The molecule has 3 heteroatoms. The van der Waals surface area contributed by atoms with E-state index in [0.717, 1.165) is 12.0 Å². The van der Waals surface area contributed by atoms with E-state index in [0.29, 0.717) is 6.04 Å². The molecule has 1 atom stereocenters. The van der Waals surface area contributed by atoms with Gasteiger partial charge in [0.2, 0.25) is 0 Å². The maximum absolute atomic E-state index is 4.28. The fraction of sp³-hybridized carbons (Fsp3) is 0.750. The van der Waals surface area contributed by atoms with Crippen LogP contribution < -0.4 is 5.32 Å². The van der Waals surface area contributed by atoms with Crippen molar-refractivity contribution in [2.45, 2.75) is 45.7 Å². The summed E-state index contributed by atoms with van der Waals surface area (Å²) in [6, 6.07) is 1.14. The molecule has 0 saturated heterocycles. The fourth-order valence-corrected chi connectivity index (χ4v) is 2.42. The van der Waals surface area contributed by atoms with Crippen LogP contribution in [0, 0.1) is 12.8 Å². The van der Waals surface area contributed by atoms with Crippen LogP contribution in [0.3, 0.4) is 0 Å². The average molecular weight is 207 g/mol. The third-order valence-electron chi connectivity index (χ3n) is 3.60. The van der Waals surface area contributed by atoms with Crippen LogP contribution in [0.5, 0.6) is 0 Å². The van der Waals surface area contributed by atoms with Gasteiger partial charge in [-0.05, 0) is 32.6 Å². The highest BCUT2D eigenvalue weighted by Crippen LogP contribution is 2.29. The first-order valence-electron chi connectivity index (χ1n) is 5.82. The van der Waals surface area contributed by atoms with E-state index in [2.05, 4.69) is 31.2 Å². The van der Waals surface area contributed by atoms with Crippen LogP contribution in [0.25, 0.3) is 0 Å². The number of rotatable bonds is 3. The number of nitrogens with one attached hydrogen (secondary N) is 1. The Morgan fingerprint density at radius 2 is 2.20 bits per heavy atom. The first-order chi connectivity index (χ1) is 7.08. The van der Waals surface area contributed by atoms with Crippen molar-refractivity contribution in [3.8, 4) is 0 Å². The second kappa shape index (κ2) is 3.97. The molecule has 1 N–H and O–H groups in total. The summed E-state index contributed by atoms with van der Waals surface area (Å²) >= 11 is 0. The van der Waals surface area contributed by atoms with Gasteiger partial charge in [-0.3, -0.25) is 4.68 Å². The molecule has 0 aromatic carbocycles. The predicted octanol–water partition coefficient (Wildman–Crippen LogP) is 2.18. The zero-order valence-corrected chi connectivity index (χ0v) is 10.1. The van der Waals surface area contributed by atoms with Crippen molar-refractivity contribution in [3.05, 3.63) is 17.5 Å². The minimum absolute atomic E-state index is 0.427. The van der Waals surface area contributed by atoms with E-state index < -0.39 is 0 Å². The SMILES string of the molecule is Cc1c(C(C)NC2CC(C)C2)cnn1C. The summed E-state index contributed by atoms with van der Waals surface area (Å²) < 4.78 is 1.94. The summed E-state index contributed by atoms with van der Waals surface area (Å²) in [6.07, 6.45) is 4.63. The molecule has 1 fully saturated rings. The molecule has 1 unspecified atom stereocenters. The Hall–Kier alpha value is -0.830. The van der Waals surface area contributed by atoms with E-state index in [1.165, 1.54) is 24.1 Å². The average Bonchev–Trinajstić information content (AvgIpc) is 2.45. The van der Waals surface area contributed by atoms with E-state index in [4.69, 9.17) is 0 Å². The number of hydrogen-bond acceptors (Lipinski definition) is 2. The zero-order chi connectivity index (χ0) is 11.0. The molecule has 1 aliphatic rings. The van der Waals surface area contributed by atoms with E-state index in [-0.39, 0.29) is 0 Å². The van der Waals surface area contributed by atoms with Crippen LogP contribution in [-0.4, -0.2) is 15.8 Å². The van der Waals surface area contributed by atoms with Crippen molar-refractivity contribution < 1.29 is 0 Å². The Labute approximate surface area is 91.9 Å². The fourth-order valence-electron chi connectivity index (χ4n) is 2.42. The molecule has 0 aliphatic heterocycles. The quantitative estimate of drug-likeness (QED) is 0.823. The Balaban J connectivity index is 1.96. The molecule has 15 heavy (non-hydrogen) atoms. The van der Waals surface area contributed by atoms with Crippen molar-refractivity contribution in [3.63, 3.8) is 0 Å². The van der Waals surface area contributed by atoms with Gasteiger partial charge in [-0.15, -0.1) is 0 Å². The molecule has 3 nitrogen and oxygen atoms in total. The zero-order valence-electron chi connectivity index (χ0n) is 10.1. The van der Waals surface area contributed by atoms with Crippen molar-refractivity contribution in [1.82, 2.24) is 15.1 Å². The van der Waals surface area contributed by atoms with Crippen molar-refractivity contribution in [2.24, 2.45) is 13.0 Å². The highest BCUT2D eigenvalue weighted by molar-refractivity contribution is 5.20. The number of aryl methyl sites for hydroxylation is 1. The van der Waals surface area contributed by atoms with E-state index in [1.807, 2.05) is 17.9 Å². The van der Waals surface area contributed by atoms with Crippen LogP contribution in [0.15, 0.2) is 6.20 Å². The molecule has 0 spiro atoms. The van der Waals surface area contributed by atoms with E-state index in [1.54, 1.807) is 0 Å². The number of hydrogen-bond donors (Lipinski definition) is 1. The summed E-state index contributed by atoms with van der Waals surface area (Å²) in [5, 5.41) is 7.94. The topological polar surface area (TPSA) is 29.9 Å². The van der Waals surface area contributed by atoms with Gasteiger partial charge in [0.1, 0.15) is 0 Å². The van der Waals surface area contributed by atoms with Crippen molar-refractivity contribution >= 4 is 0 Å². The lowest BCUT2D eigenvalue weighted by atomic mass is 9.81. The molecular formula is C12H21N3. The Kier molecular flexibility index (Phi) is 2.83. The first-order valence-corrected chi connectivity index (χ1v) is 5.82. The molecule has 2 rings (SSSR count). The van der Waals surface area contributed by atoms with Gasteiger partial charge < -0.3 is 5.32 Å². The summed E-state index contributed by atoms with van der Waals surface area (Å²) in [4.78, 5) is 0. The van der Waals surface area contributed by atoms with Gasteiger partial charge in [-0.25, -0.2) is 0 Å². The van der Waals surface area contributed by atoms with Crippen molar-refractivity contribution in [1.29, 1.82) is 0 Å². The Morgan fingerprint density at radius 3 is 2.67 bits per heavy atom. The Bertz CT molecular complexity index is 337. The molecular weight excluding hydrogens is 186 g/mol. The maximum Gasteiger partial charge on any atom is 0.0540 e. The summed E-state index contributed by atoms with van der Waals surface area (Å²) in [7, 11) is 2.00. The van der Waals surface area contributed by atoms with Crippen molar-refractivity contribution in [2.75, 3.05) is 0 Å². The lowest BCUT2D eigenvalue weighted by Gasteiger charge is -2.35. The second-order valence-electron chi connectivity index (χ2n) is 4.97. The van der Waals surface area contributed by atoms with Gasteiger partial charge in [0.15, 0.2) is 0 Å². The van der Waals surface area contributed by atoms with Crippen LogP contribution in [0.4, 0.5) is 0 Å². The van der Waals surface area contributed by atoms with Gasteiger partial charge >= 0.3 is 0 Å². The van der Waals surface area contributed by atoms with E-state index in [9.17, 15) is 0 Å². The largest absolute Gasteiger partial charge is 0.307 e. The van der Waals surface area contributed by atoms with Crippen LogP contribution >= 0.6 is 0 Å². The molecule has 1 heterocycles. The Morgan fingerprint density at radius 1 is 1.53 bits per heavy atom. The van der Waals surface area contributed by atoms with Gasteiger partial charge in [0, 0.05) is 30.4 Å². The van der Waals surface area contributed by atoms with Crippen LogP contribution in [0.1, 0.15) is 44.0 Å². The van der Waals surface area contributed by atoms with Gasteiger partial charge in [0.05, 0.1) is 6.20 Å². The minimum atomic E-state index is 0.427. The molecule has 1 aliphatic carbocycles. The smallest absolute Gasteiger partial charge is 0.0540 e. The maximum atomic E-state index is 4.28. The molecule has 0 radical (unpaired) electrons. The number of nitrogens with zero attached hydrogens (tertiary/aromatic N) is 2. The summed E-state index contributed by atoms with van der Waals surface area (Å²) in [5.41, 5.74) is 2.60. The first kappa shape index (κ1) is 10.7. The van der Waals surface area contributed by atoms with E-state index >= 15 is 0 Å². The lowest BCUT2D eigenvalue weighted by molar-refractivity contribution is 0.226. The minimum Gasteiger partial charge on any atom is -0.307 e. The summed E-state index contributed by atoms with van der Waals surface area (Å²) in [5.74, 6) is 0.907. The van der Waals surface area contributed by atoms with Crippen LogP contribution in [0.2, 0.25) is 0 Å². The number of aromatic nitrogens is 2. The highest BCUT2D eigenvalue weighted by Gasteiger charge is 2.27. The molecule has 0 bridgehead atoms. The molecule has 0 amide bonds. The molecule has 1 saturated carbocycles. The highest BCUT2D eigenvalue weighted by atomic mass is 15.3. The van der Waals surface area contributed by atoms with Gasteiger partial charge in [-0.2, -0.15) is 5.10 Å². The molecule has 1 aromatic heterocycles. The van der Waals surface area contributed by atoms with Gasteiger partial charge in [-0.1, -0.05) is 6.92 Å². The normalized spacial score (nSPS) is 27.5. The van der Waals surface area contributed by atoms with Crippen LogP contribution in [-0.2, 0) is 7.05 Å². The third-order valence-corrected chi connectivity index (χ3v) is 3.60. The monoisotopic (exact) mass is 207 g/mol. The van der Waals surface area contributed by atoms with Gasteiger partial charge in [0.25, 0.3) is 0 Å². The second-order valence-corrected chi connectivity index (χ2v) is 4.97. The predicted molar refractivity (Wildman–Crippen MR) is 61.7 cm³/mol. The lowest BCUT2D eigenvalue weighted by Crippen LogP contribution is -2.41. The molecule has 1 aromatic rings.